The number of nitrogens with one attached hydrogen (secondary N) is 3. The summed E-state index contributed by atoms with van der Waals surface area (Å²) in [6.45, 7) is -2.56. The molecule has 1 rings (SSSR count). The molecule has 4 atom stereocenters. The Morgan fingerprint density at radius 1 is 0.478 bits per heavy atom. The van der Waals surface area contributed by atoms with Crippen LogP contribution >= 0.6 is 0 Å². The Morgan fingerprint density at radius 3 is 1.41 bits per heavy atom. The van der Waals surface area contributed by atoms with Gasteiger partial charge in [-0.05, 0) is 45.0 Å². The number of carbonyl (C=O) groups excluding carboxylic acids is 13. The second-order valence-corrected chi connectivity index (χ2v) is 13.9. The molecular weight excluding hydrogens is 938 g/mol. The quantitative estimate of drug-likeness (QED) is 0.0191. The Labute approximate surface area is 387 Å². The first-order chi connectivity index (χ1) is 32.3. The number of esters is 7. The van der Waals surface area contributed by atoms with E-state index in [-0.39, 0.29) is 11.1 Å². The number of aliphatic carboxylic acids is 3. The lowest BCUT2D eigenvalue weighted by Crippen LogP contribution is -2.50. The van der Waals surface area contributed by atoms with Crippen molar-refractivity contribution in [2.24, 2.45) is 23.7 Å². The number of amides is 3. The van der Waals surface area contributed by atoms with E-state index in [1.165, 1.54) is 0 Å². The number of carboxylic acids is 3. The summed E-state index contributed by atoms with van der Waals surface area (Å²) in [5.41, 5.74) is -0.521. The average Bonchev–Trinajstić information content (AvgIpc) is 3.24. The van der Waals surface area contributed by atoms with E-state index in [0.717, 1.165) is 45.0 Å². The fraction of sp³-hybridized carbons (Fsp3) is 0.450. The molecule has 0 aromatic heterocycles. The van der Waals surface area contributed by atoms with Gasteiger partial charge in [-0.3, -0.25) is 67.1 Å². The number of carboxylic acid groups (broad SMARTS) is 3. The molecule has 29 nitrogen and oxygen atoms in total. The average molecular weight is 984 g/mol. The molecule has 0 aliphatic carbocycles. The van der Waals surface area contributed by atoms with Crippen LogP contribution in [-0.4, -0.2) is 150 Å². The lowest BCUT2D eigenvalue weighted by Gasteiger charge is -2.31. The minimum Gasteiger partial charge on any atom is -0.481 e. The van der Waals surface area contributed by atoms with Crippen LogP contribution in [0.3, 0.4) is 0 Å². The van der Waals surface area contributed by atoms with Crippen molar-refractivity contribution in [3.63, 3.8) is 0 Å². The van der Waals surface area contributed by atoms with E-state index in [1.54, 1.807) is 0 Å². The highest BCUT2D eigenvalue weighted by Gasteiger charge is 2.51. The number of hydrogen-bond acceptors (Lipinski definition) is 23. The van der Waals surface area contributed by atoms with Crippen LogP contribution in [0.5, 0.6) is 0 Å². The van der Waals surface area contributed by atoms with Crippen LogP contribution in [0, 0.1) is 23.7 Å². The van der Waals surface area contributed by atoms with Gasteiger partial charge < -0.3 is 64.4 Å². The molecule has 0 bridgehead atoms. The van der Waals surface area contributed by atoms with Gasteiger partial charge in [-0.15, -0.1) is 0 Å². The van der Waals surface area contributed by atoms with Crippen LogP contribution in [0.1, 0.15) is 73.6 Å². The van der Waals surface area contributed by atoms with Gasteiger partial charge in [0.15, 0.2) is 6.61 Å². The molecule has 376 valence electrons. The van der Waals surface area contributed by atoms with E-state index in [1.807, 2.05) is 10.6 Å². The number of Topliss-reactive ketones (excluding diaryl/α,β-unsaturated/α-hetero) is 3. The summed E-state index contributed by atoms with van der Waals surface area (Å²) >= 11 is 0. The standard InChI is InChI=1S/C40H45N3O26/c1-19(44)8-29(51)64-16-65-32(54)12-26(47)42-15-43-35(55)24(10-28(49)50)33(37(58)59)34(25(36(56)57)11-31(53)63-14-27(48)41-13-21(3)46)40(62)69-18-68-39(61)23-6-4-22(5-7-23)38(60)67-17-66-30(52)9-20(2)45/h4-7,24-25,33-34H,8-18H2,1-3H3,(H,41,48)(H,42,47)(H,43,55)(H,49,50)(H,56,57)(H,58,59). The normalized spacial score (nSPS) is 12.0. The Bertz CT molecular complexity index is 2170. The number of carbonyl (C=O) groups is 16. The van der Waals surface area contributed by atoms with Gasteiger partial charge >= 0.3 is 59.7 Å². The van der Waals surface area contributed by atoms with Crippen molar-refractivity contribution in [1.82, 2.24) is 16.0 Å². The van der Waals surface area contributed by atoms with Gasteiger partial charge in [0.1, 0.15) is 36.6 Å². The lowest BCUT2D eigenvalue weighted by atomic mass is 9.72. The van der Waals surface area contributed by atoms with Gasteiger partial charge in [0.2, 0.25) is 32.2 Å². The first kappa shape index (κ1) is 58.4. The van der Waals surface area contributed by atoms with Gasteiger partial charge in [-0.1, -0.05) is 0 Å². The van der Waals surface area contributed by atoms with Crippen molar-refractivity contribution in [1.29, 1.82) is 0 Å². The first-order valence-corrected chi connectivity index (χ1v) is 19.5. The third kappa shape index (κ3) is 23.4. The van der Waals surface area contributed by atoms with E-state index >= 15 is 0 Å². The zero-order chi connectivity index (χ0) is 52.4. The Morgan fingerprint density at radius 2 is 0.957 bits per heavy atom. The van der Waals surface area contributed by atoms with E-state index in [0.29, 0.717) is 0 Å². The molecule has 3 amide bonds. The fourth-order valence-corrected chi connectivity index (χ4v) is 5.30. The summed E-state index contributed by atoms with van der Waals surface area (Å²) in [4.78, 5) is 195. The molecule has 0 aliphatic rings. The van der Waals surface area contributed by atoms with Crippen LogP contribution in [0.25, 0.3) is 0 Å². The SMILES string of the molecule is CC(=O)CNC(=O)COC(=O)CC(C(=O)O)C(C(=O)OCOC(=O)c1ccc(C(=O)OCOC(=O)CC(C)=O)cc1)C(C(=O)O)C(CC(=O)O)C(=O)NCNC(=O)CC(=O)OCOC(=O)CC(C)=O. The highest BCUT2D eigenvalue weighted by molar-refractivity contribution is 5.97. The monoisotopic (exact) mass is 983 g/mol. The van der Waals surface area contributed by atoms with Crippen molar-refractivity contribution in [3.05, 3.63) is 35.4 Å². The van der Waals surface area contributed by atoms with Crippen molar-refractivity contribution in [2.75, 3.05) is 40.2 Å². The Hall–Kier alpha value is -8.66. The summed E-state index contributed by atoms with van der Waals surface area (Å²) in [5.74, 6) is -31.4. The number of hydrogen-bond donors (Lipinski definition) is 6. The van der Waals surface area contributed by atoms with Crippen LogP contribution in [0.4, 0.5) is 0 Å². The highest BCUT2D eigenvalue weighted by Crippen LogP contribution is 2.34. The van der Waals surface area contributed by atoms with E-state index < -0.39 is 191 Å². The van der Waals surface area contributed by atoms with E-state index in [9.17, 15) is 92.0 Å². The summed E-state index contributed by atoms with van der Waals surface area (Å²) in [5, 5.41) is 36.2. The molecule has 0 spiro atoms. The molecular formula is C40H45N3O26. The summed E-state index contributed by atoms with van der Waals surface area (Å²) in [6.07, 6.45) is -5.22. The molecule has 4 unspecified atom stereocenters. The molecule has 1 aromatic carbocycles. The molecule has 0 saturated heterocycles. The number of ketones is 3. The van der Waals surface area contributed by atoms with Gasteiger partial charge in [0.25, 0.3) is 5.91 Å². The zero-order valence-corrected chi connectivity index (χ0v) is 36.6. The highest BCUT2D eigenvalue weighted by atomic mass is 16.7. The van der Waals surface area contributed by atoms with Gasteiger partial charge in [0, 0.05) is 0 Å². The molecule has 0 aliphatic heterocycles. The summed E-state index contributed by atoms with van der Waals surface area (Å²) < 4.78 is 32.7. The fourth-order valence-electron chi connectivity index (χ4n) is 5.30. The molecule has 0 fully saturated rings. The molecule has 0 radical (unpaired) electrons. The van der Waals surface area contributed by atoms with Crippen molar-refractivity contribution >= 4 is 94.8 Å². The summed E-state index contributed by atoms with van der Waals surface area (Å²) in [6, 6.07) is 4.07. The molecule has 1 aromatic rings. The smallest absolute Gasteiger partial charge is 0.340 e. The predicted octanol–water partition coefficient (Wildman–Crippen LogP) is -2.67. The molecule has 69 heavy (non-hydrogen) atoms. The first-order valence-electron chi connectivity index (χ1n) is 19.5. The third-order valence-corrected chi connectivity index (χ3v) is 8.38. The van der Waals surface area contributed by atoms with Gasteiger partial charge in [0.05, 0.1) is 60.9 Å². The maximum atomic E-state index is 13.7. The van der Waals surface area contributed by atoms with E-state index in [4.69, 9.17) is 18.9 Å². The number of benzene rings is 1. The topological polar surface area (TPSA) is 435 Å². The van der Waals surface area contributed by atoms with Crippen LogP contribution < -0.4 is 16.0 Å². The van der Waals surface area contributed by atoms with Gasteiger partial charge in [-0.2, -0.15) is 0 Å². The maximum absolute atomic E-state index is 13.7. The predicted molar refractivity (Wildman–Crippen MR) is 213 cm³/mol. The second kappa shape index (κ2) is 29.8. The largest absolute Gasteiger partial charge is 0.481 e. The van der Waals surface area contributed by atoms with Gasteiger partial charge in [-0.25, -0.2) is 9.59 Å². The number of rotatable bonds is 31. The number of ether oxygens (including phenoxy) is 7. The second-order valence-electron chi connectivity index (χ2n) is 13.9. The Balaban J connectivity index is 3.34. The summed E-state index contributed by atoms with van der Waals surface area (Å²) in [7, 11) is 0. The van der Waals surface area contributed by atoms with Crippen molar-refractivity contribution < 1.29 is 125 Å². The van der Waals surface area contributed by atoms with Crippen molar-refractivity contribution in [2.45, 2.75) is 52.9 Å². The zero-order valence-electron chi connectivity index (χ0n) is 36.6. The molecule has 0 saturated carbocycles. The third-order valence-electron chi connectivity index (χ3n) is 8.38. The molecule has 6 N–H and O–H groups in total. The molecule has 0 heterocycles. The lowest BCUT2D eigenvalue weighted by molar-refractivity contribution is -0.176. The molecule has 29 heteroatoms. The van der Waals surface area contributed by atoms with Crippen LogP contribution in [-0.2, 0) is 100 Å². The van der Waals surface area contributed by atoms with Crippen molar-refractivity contribution in [3.8, 4) is 0 Å². The van der Waals surface area contributed by atoms with Crippen LogP contribution in [0.2, 0.25) is 0 Å². The minimum absolute atomic E-state index is 0.190. The minimum atomic E-state index is -2.75. The Kier molecular flexibility index (Phi) is 25.2. The van der Waals surface area contributed by atoms with Crippen LogP contribution in [0.15, 0.2) is 24.3 Å². The maximum Gasteiger partial charge on any atom is 0.340 e. The van der Waals surface area contributed by atoms with E-state index in [2.05, 4.69) is 19.5 Å².